The zero-order valence-corrected chi connectivity index (χ0v) is 20.9. The Kier molecular flexibility index (Phi) is 6.43. The molecule has 0 unspecified atom stereocenters. The Balaban J connectivity index is 1.13. The van der Waals surface area contributed by atoms with E-state index in [9.17, 15) is 13.2 Å². The Labute approximate surface area is 205 Å². The largest absolute Gasteiger partial charge is 0.353 e. The van der Waals surface area contributed by atoms with E-state index in [2.05, 4.69) is 20.0 Å². The van der Waals surface area contributed by atoms with E-state index in [0.717, 1.165) is 17.1 Å². The number of aryl methyl sites for hydroxylation is 2. The maximum Gasteiger partial charge on any atom is 0.254 e. The minimum atomic E-state index is -3.51. The fourth-order valence-corrected chi connectivity index (χ4v) is 6.02. The first-order chi connectivity index (χ1) is 16.8. The SMILES string of the molecule is Cc1ccc(S(=O)(=O)N2CCN(CC(=O)N3CCN(c4cc(C)nc5ncnn45)CC3)CC2)cc1. The number of piperazine rings is 2. The summed E-state index contributed by atoms with van der Waals surface area (Å²) in [6, 6.07) is 8.92. The van der Waals surface area contributed by atoms with Crippen LogP contribution in [0.1, 0.15) is 11.3 Å². The maximum absolute atomic E-state index is 13.0. The number of benzene rings is 1. The van der Waals surface area contributed by atoms with Crippen LogP contribution < -0.4 is 4.90 Å². The van der Waals surface area contributed by atoms with E-state index in [1.54, 1.807) is 16.6 Å². The van der Waals surface area contributed by atoms with Crippen molar-refractivity contribution < 1.29 is 13.2 Å². The molecule has 3 aromatic rings. The van der Waals surface area contributed by atoms with Crippen LogP contribution in [0.25, 0.3) is 5.78 Å². The molecule has 0 aliphatic carbocycles. The number of carbonyl (C=O) groups is 1. The van der Waals surface area contributed by atoms with Gasteiger partial charge in [0, 0.05) is 64.1 Å². The molecule has 2 aliphatic heterocycles. The standard InChI is InChI=1S/C23H30N8O3S/c1-18-3-5-20(6-4-18)35(33,34)30-13-7-27(8-14-30)16-22(32)29-11-9-28(10-12-29)21-15-19(2)26-23-24-17-25-31(21)23/h3-6,15,17H,7-14,16H2,1-2H3. The van der Waals surface area contributed by atoms with Crippen molar-refractivity contribution in [1.82, 2.24) is 33.7 Å². The summed E-state index contributed by atoms with van der Waals surface area (Å²) < 4.78 is 29.1. The number of sulfonamides is 1. The average molecular weight is 499 g/mol. The monoisotopic (exact) mass is 498 g/mol. The summed E-state index contributed by atoms with van der Waals surface area (Å²) in [5, 5.41) is 4.28. The predicted molar refractivity (Wildman–Crippen MR) is 131 cm³/mol. The molecule has 2 fully saturated rings. The van der Waals surface area contributed by atoms with Gasteiger partial charge in [-0.1, -0.05) is 17.7 Å². The Morgan fingerprint density at radius 2 is 1.63 bits per heavy atom. The van der Waals surface area contributed by atoms with Crippen molar-refractivity contribution in [2.75, 3.05) is 63.8 Å². The van der Waals surface area contributed by atoms with E-state index in [1.165, 1.54) is 10.6 Å². The second-order valence-corrected chi connectivity index (χ2v) is 11.0. The summed E-state index contributed by atoms with van der Waals surface area (Å²) in [6.45, 7) is 8.66. The molecule has 2 saturated heterocycles. The molecule has 0 saturated carbocycles. The number of carbonyl (C=O) groups excluding carboxylic acids is 1. The molecule has 35 heavy (non-hydrogen) atoms. The van der Waals surface area contributed by atoms with Gasteiger partial charge in [0.1, 0.15) is 12.1 Å². The number of amides is 1. The molecule has 2 aromatic heterocycles. The highest BCUT2D eigenvalue weighted by atomic mass is 32.2. The van der Waals surface area contributed by atoms with Crippen LogP contribution in [-0.2, 0) is 14.8 Å². The lowest BCUT2D eigenvalue weighted by Crippen LogP contribution is -2.54. The van der Waals surface area contributed by atoms with Gasteiger partial charge in [0.15, 0.2) is 0 Å². The van der Waals surface area contributed by atoms with Crippen molar-refractivity contribution in [2.24, 2.45) is 0 Å². The van der Waals surface area contributed by atoms with Crippen LogP contribution in [0.5, 0.6) is 0 Å². The van der Waals surface area contributed by atoms with Gasteiger partial charge in [-0.2, -0.15) is 18.9 Å². The molecule has 186 valence electrons. The van der Waals surface area contributed by atoms with Gasteiger partial charge in [0.25, 0.3) is 5.78 Å². The molecular formula is C23H30N8O3S. The van der Waals surface area contributed by atoms with Crippen LogP contribution in [0.2, 0.25) is 0 Å². The van der Waals surface area contributed by atoms with E-state index in [4.69, 9.17) is 0 Å². The lowest BCUT2D eigenvalue weighted by molar-refractivity contribution is -0.133. The van der Waals surface area contributed by atoms with Crippen LogP contribution >= 0.6 is 0 Å². The van der Waals surface area contributed by atoms with Gasteiger partial charge in [0.05, 0.1) is 11.4 Å². The molecule has 4 heterocycles. The van der Waals surface area contributed by atoms with Gasteiger partial charge < -0.3 is 9.80 Å². The van der Waals surface area contributed by atoms with Gasteiger partial charge in [-0.3, -0.25) is 9.69 Å². The van der Waals surface area contributed by atoms with Crippen LogP contribution in [0.4, 0.5) is 5.82 Å². The summed E-state index contributed by atoms with van der Waals surface area (Å²) in [5.41, 5.74) is 1.90. The molecule has 0 N–H and O–H groups in total. The third-order valence-electron chi connectivity index (χ3n) is 6.67. The highest BCUT2D eigenvalue weighted by molar-refractivity contribution is 7.89. The first-order valence-corrected chi connectivity index (χ1v) is 13.2. The van der Waals surface area contributed by atoms with Crippen molar-refractivity contribution in [3.8, 4) is 0 Å². The molecule has 0 radical (unpaired) electrons. The molecule has 0 spiro atoms. The first-order valence-electron chi connectivity index (χ1n) is 11.8. The number of hydrogen-bond donors (Lipinski definition) is 0. The van der Waals surface area contributed by atoms with E-state index in [-0.39, 0.29) is 5.91 Å². The summed E-state index contributed by atoms with van der Waals surface area (Å²) >= 11 is 0. The number of hydrogen-bond acceptors (Lipinski definition) is 8. The minimum absolute atomic E-state index is 0.0799. The number of nitrogens with zero attached hydrogens (tertiary/aromatic N) is 8. The lowest BCUT2D eigenvalue weighted by atomic mass is 10.2. The third kappa shape index (κ3) is 4.86. The fraction of sp³-hybridized carbons (Fsp3) is 0.478. The minimum Gasteiger partial charge on any atom is -0.353 e. The normalized spacial score (nSPS) is 18.3. The molecule has 1 aromatic carbocycles. The molecule has 5 rings (SSSR count). The van der Waals surface area contributed by atoms with Crippen LogP contribution in [-0.4, -0.2) is 107 Å². The van der Waals surface area contributed by atoms with Gasteiger partial charge in [0.2, 0.25) is 15.9 Å². The van der Waals surface area contributed by atoms with E-state index in [0.29, 0.717) is 69.6 Å². The fourth-order valence-electron chi connectivity index (χ4n) is 4.60. The van der Waals surface area contributed by atoms with Gasteiger partial charge >= 0.3 is 0 Å². The Morgan fingerprint density at radius 1 is 0.943 bits per heavy atom. The van der Waals surface area contributed by atoms with Crippen molar-refractivity contribution in [2.45, 2.75) is 18.7 Å². The first kappa shape index (κ1) is 23.6. The van der Waals surface area contributed by atoms with E-state index in [1.807, 2.05) is 41.8 Å². The van der Waals surface area contributed by atoms with Crippen molar-refractivity contribution in [3.05, 3.63) is 47.9 Å². The Bertz CT molecular complexity index is 1310. The number of rotatable bonds is 5. The highest BCUT2D eigenvalue weighted by Crippen LogP contribution is 2.20. The van der Waals surface area contributed by atoms with E-state index >= 15 is 0 Å². The topological polar surface area (TPSA) is 107 Å². The molecule has 0 bridgehead atoms. The van der Waals surface area contributed by atoms with Gasteiger partial charge in [-0.05, 0) is 26.0 Å². The van der Waals surface area contributed by atoms with Crippen molar-refractivity contribution in [1.29, 1.82) is 0 Å². The summed E-state index contributed by atoms with van der Waals surface area (Å²) in [6.07, 6.45) is 1.50. The molecule has 12 heteroatoms. The Hall–Kier alpha value is -3.09. The number of fused-ring (bicyclic) bond motifs is 1. The van der Waals surface area contributed by atoms with E-state index < -0.39 is 10.0 Å². The quantitative estimate of drug-likeness (QED) is 0.498. The van der Waals surface area contributed by atoms with Gasteiger partial charge in [-0.25, -0.2) is 13.4 Å². The average Bonchev–Trinajstić information content (AvgIpc) is 3.33. The summed E-state index contributed by atoms with van der Waals surface area (Å²) in [5.74, 6) is 1.58. The molecule has 0 atom stereocenters. The summed E-state index contributed by atoms with van der Waals surface area (Å²) in [7, 11) is -3.51. The predicted octanol–water partition coefficient (Wildman–Crippen LogP) is 0.396. The Morgan fingerprint density at radius 3 is 2.31 bits per heavy atom. The van der Waals surface area contributed by atoms with Gasteiger partial charge in [-0.15, -0.1) is 0 Å². The zero-order chi connectivity index (χ0) is 24.6. The summed E-state index contributed by atoms with van der Waals surface area (Å²) in [4.78, 5) is 28.0. The second kappa shape index (κ2) is 9.51. The smallest absolute Gasteiger partial charge is 0.254 e. The molecule has 2 aliphatic rings. The zero-order valence-electron chi connectivity index (χ0n) is 20.0. The highest BCUT2D eigenvalue weighted by Gasteiger charge is 2.30. The number of anilines is 1. The van der Waals surface area contributed by atoms with Crippen LogP contribution in [0.15, 0.2) is 41.6 Å². The maximum atomic E-state index is 13.0. The molecule has 1 amide bonds. The van der Waals surface area contributed by atoms with Crippen LogP contribution in [0, 0.1) is 13.8 Å². The number of aromatic nitrogens is 4. The van der Waals surface area contributed by atoms with Crippen molar-refractivity contribution in [3.63, 3.8) is 0 Å². The lowest BCUT2D eigenvalue weighted by Gasteiger charge is -2.38. The molecular weight excluding hydrogens is 468 g/mol. The van der Waals surface area contributed by atoms with Crippen LogP contribution in [0.3, 0.4) is 0 Å². The molecule has 11 nitrogen and oxygen atoms in total. The third-order valence-corrected chi connectivity index (χ3v) is 8.58. The van der Waals surface area contributed by atoms with Crippen molar-refractivity contribution >= 4 is 27.5 Å². The second-order valence-electron chi connectivity index (χ2n) is 9.09.